The van der Waals surface area contributed by atoms with E-state index in [0.29, 0.717) is 6.61 Å². The van der Waals surface area contributed by atoms with Crippen molar-refractivity contribution in [3.8, 4) is 11.5 Å². The third-order valence-corrected chi connectivity index (χ3v) is 3.97. The fourth-order valence-electron chi connectivity index (χ4n) is 2.78. The average molecular weight is 342 g/mol. The summed E-state index contributed by atoms with van der Waals surface area (Å²) in [5, 5.41) is 9.04. The standard InChI is InChI=1S/C21H26O4/c1-5-6-15(11-20(22)23)7-8-16-13-21(2,3)14-25-19-10-9-17(24-4)12-18(16)19/h7-13H,5-6,14H2,1-4H3,(H,22,23)/b8-7+,15-11+. The summed E-state index contributed by atoms with van der Waals surface area (Å²) in [5.74, 6) is 0.645. The molecular formula is C21H26O4. The largest absolute Gasteiger partial charge is 0.497 e. The molecule has 0 unspecified atom stereocenters. The Morgan fingerprint density at radius 2 is 2.16 bits per heavy atom. The summed E-state index contributed by atoms with van der Waals surface area (Å²) in [4.78, 5) is 11.0. The van der Waals surface area contributed by atoms with E-state index < -0.39 is 5.97 Å². The highest BCUT2D eigenvalue weighted by Crippen LogP contribution is 2.37. The molecule has 1 aliphatic rings. The lowest BCUT2D eigenvalue weighted by Gasteiger charge is -2.18. The zero-order valence-corrected chi connectivity index (χ0v) is 15.3. The van der Waals surface area contributed by atoms with Crippen LogP contribution in [0.3, 0.4) is 0 Å². The SMILES string of the molecule is CCCC(/C=C/C1=CC(C)(C)COc2ccc(OC)cc21)=C\C(=O)O. The molecule has 1 aromatic carbocycles. The Hall–Kier alpha value is -2.49. The van der Waals surface area contributed by atoms with E-state index in [1.165, 1.54) is 6.08 Å². The lowest BCUT2D eigenvalue weighted by molar-refractivity contribution is -0.131. The maximum atomic E-state index is 11.0. The zero-order chi connectivity index (χ0) is 18.4. The van der Waals surface area contributed by atoms with Gasteiger partial charge in [0.05, 0.1) is 13.7 Å². The number of rotatable bonds is 6. The van der Waals surface area contributed by atoms with Crippen molar-refractivity contribution < 1.29 is 19.4 Å². The summed E-state index contributed by atoms with van der Waals surface area (Å²) in [5.41, 5.74) is 2.62. The second-order valence-corrected chi connectivity index (χ2v) is 6.88. The Kier molecular flexibility index (Phi) is 6.07. The summed E-state index contributed by atoms with van der Waals surface area (Å²) >= 11 is 0. The Morgan fingerprint density at radius 3 is 2.80 bits per heavy atom. The second-order valence-electron chi connectivity index (χ2n) is 6.88. The Labute approximate surface area is 149 Å². The molecule has 0 saturated heterocycles. The summed E-state index contributed by atoms with van der Waals surface area (Å²) in [6, 6.07) is 5.75. The van der Waals surface area contributed by atoms with Crippen LogP contribution in [0.5, 0.6) is 11.5 Å². The van der Waals surface area contributed by atoms with Crippen LogP contribution in [-0.4, -0.2) is 24.8 Å². The molecule has 2 rings (SSSR count). The Bertz CT molecular complexity index is 723. The van der Waals surface area contributed by atoms with Crippen LogP contribution in [-0.2, 0) is 4.79 Å². The first kappa shape index (κ1) is 18.8. The minimum absolute atomic E-state index is 0.132. The molecule has 0 saturated carbocycles. The minimum Gasteiger partial charge on any atom is -0.497 e. The van der Waals surface area contributed by atoms with Crippen molar-refractivity contribution in [2.45, 2.75) is 33.6 Å². The van der Waals surface area contributed by atoms with Crippen LogP contribution in [0.15, 0.2) is 48.1 Å². The van der Waals surface area contributed by atoms with Crippen molar-refractivity contribution in [2.24, 2.45) is 5.41 Å². The normalized spacial score (nSPS) is 16.6. The summed E-state index contributed by atoms with van der Waals surface area (Å²) in [6.45, 7) is 6.84. The van der Waals surface area contributed by atoms with Gasteiger partial charge in [0, 0.05) is 17.1 Å². The van der Waals surface area contributed by atoms with Crippen LogP contribution in [0, 0.1) is 5.41 Å². The molecule has 4 nitrogen and oxygen atoms in total. The lowest BCUT2D eigenvalue weighted by atomic mass is 9.90. The smallest absolute Gasteiger partial charge is 0.328 e. The number of hydrogen-bond acceptors (Lipinski definition) is 3. The number of ether oxygens (including phenoxy) is 2. The van der Waals surface area contributed by atoms with Crippen LogP contribution in [0.1, 0.15) is 39.2 Å². The number of carboxylic acid groups (broad SMARTS) is 1. The predicted octanol–water partition coefficient (Wildman–Crippen LogP) is 4.86. The number of fused-ring (bicyclic) bond motifs is 1. The maximum absolute atomic E-state index is 11.0. The molecule has 0 bridgehead atoms. The van der Waals surface area contributed by atoms with E-state index in [2.05, 4.69) is 19.9 Å². The predicted molar refractivity (Wildman–Crippen MR) is 100 cm³/mol. The topological polar surface area (TPSA) is 55.8 Å². The molecule has 1 aliphatic heterocycles. The third kappa shape index (κ3) is 5.24. The van der Waals surface area contributed by atoms with Crippen LogP contribution in [0.25, 0.3) is 5.57 Å². The number of allylic oxidation sites excluding steroid dienone is 4. The van der Waals surface area contributed by atoms with Gasteiger partial charge in [0.2, 0.25) is 0 Å². The van der Waals surface area contributed by atoms with Gasteiger partial charge in [0.15, 0.2) is 0 Å². The van der Waals surface area contributed by atoms with Crippen LogP contribution >= 0.6 is 0 Å². The van der Waals surface area contributed by atoms with E-state index in [-0.39, 0.29) is 5.41 Å². The second kappa shape index (κ2) is 8.06. The van der Waals surface area contributed by atoms with Gasteiger partial charge in [-0.15, -0.1) is 0 Å². The van der Waals surface area contributed by atoms with Gasteiger partial charge >= 0.3 is 5.97 Å². The first-order valence-corrected chi connectivity index (χ1v) is 8.50. The van der Waals surface area contributed by atoms with Gasteiger partial charge < -0.3 is 14.6 Å². The highest BCUT2D eigenvalue weighted by molar-refractivity contribution is 5.83. The van der Waals surface area contributed by atoms with Gasteiger partial charge in [0.25, 0.3) is 0 Å². The zero-order valence-electron chi connectivity index (χ0n) is 15.3. The molecule has 0 radical (unpaired) electrons. The molecule has 134 valence electrons. The van der Waals surface area contributed by atoms with Crippen molar-refractivity contribution >= 4 is 11.5 Å². The highest BCUT2D eigenvalue weighted by Gasteiger charge is 2.23. The van der Waals surface area contributed by atoms with Crippen LogP contribution < -0.4 is 9.47 Å². The first-order valence-electron chi connectivity index (χ1n) is 8.50. The molecule has 0 spiro atoms. The van der Waals surface area contributed by atoms with Crippen LogP contribution in [0.4, 0.5) is 0 Å². The minimum atomic E-state index is -0.923. The van der Waals surface area contributed by atoms with E-state index >= 15 is 0 Å². The molecule has 1 N–H and O–H groups in total. The van der Waals surface area contributed by atoms with Crippen molar-refractivity contribution in [1.82, 2.24) is 0 Å². The molecule has 1 heterocycles. The maximum Gasteiger partial charge on any atom is 0.328 e. The fourth-order valence-corrected chi connectivity index (χ4v) is 2.78. The highest BCUT2D eigenvalue weighted by atomic mass is 16.5. The number of benzene rings is 1. The van der Waals surface area contributed by atoms with E-state index in [9.17, 15) is 4.79 Å². The number of carboxylic acids is 1. The quantitative estimate of drug-likeness (QED) is 0.592. The monoisotopic (exact) mass is 342 g/mol. The van der Waals surface area contributed by atoms with Crippen molar-refractivity contribution in [1.29, 1.82) is 0 Å². The van der Waals surface area contributed by atoms with E-state index in [1.54, 1.807) is 7.11 Å². The Balaban J connectivity index is 2.47. The number of methoxy groups -OCH3 is 1. The van der Waals surface area contributed by atoms with Gasteiger partial charge in [-0.25, -0.2) is 4.79 Å². The van der Waals surface area contributed by atoms with Crippen molar-refractivity contribution in [2.75, 3.05) is 13.7 Å². The average Bonchev–Trinajstić information content (AvgIpc) is 2.68. The fraction of sp³-hybridized carbons (Fsp3) is 0.381. The van der Waals surface area contributed by atoms with E-state index in [0.717, 1.165) is 41.1 Å². The molecular weight excluding hydrogens is 316 g/mol. The summed E-state index contributed by atoms with van der Waals surface area (Å²) in [6.07, 6.45) is 8.90. The summed E-state index contributed by atoms with van der Waals surface area (Å²) < 4.78 is 11.3. The third-order valence-electron chi connectivity index (χ3n) is 3.97. The van der Waals surface area contributed by atoms with Gasteiger partial charge in [-0.05, 0) is 35.8 Å². The molecule has 0 fully saturated rings. The molecule has 0 aromatic heterocycles. The van der Waals surface area contributed by atoms with Gasteiger partial charge in [-0.3, -0.25) is 0 Å². The first-order chi connectivity index (χ1) is 11.8. The van der Waals surface area contributed by atoms with Crippen molar-refractivity contribution in [3.05, 3.63) is 53.6 Å². The van der Waals surface area contributed by atoms with Gasteiger partial charge in [0.1, 0.15) is 11.5 Å². The van der Waals surface area contributed by atoms with Gasteiger partial charge in [-0.2, -0.15) is 0 Å². The lowest BCUT2D eigenvalue weighted by Crippen LogP contribution is -2.17. The molecule has 4 heteroatoms. The number of hydrogen-bond donors (Lipinski definition) is 1. The molecule has 25 heavy (non-hydrogen) atoms. The van der Waals surface area contributed by atoms with Crippen molar-refractivity contribution in [3.63, 3.8) is 0 Å². The summed E-state index contributed by atoms with van der Waals surface area (Å²) in [7, 11) is 1.64. The molecule has 0 atom stereocenters. The molecule has 0 aliphatic carbocycles. The van der Waals surface area contributed by atoms with Crippen LogP contribution in [0.2, 0.25) is 0 Å². The van der Waals surface area contributed by atoms with Gasteiger partial charge in [-0.1, -0.05) is 45.4 Å². The van der Waals surface area contributed by atoms with E-state index in [4.69, 9.17) is 14.6 Å². The Morgan fingerprint density at radius 1 is 1.40 bits per heavy atom. The number of aliphatic carboxylic acids is 1. The molecule has 0 amide bonds. The molecule has 1 aromatic rings. The number of carbonyl (C=O) groups is 1. The van der Waals surface area contributed by atoms with E-state index in [1.807, 2.05) is 37.3 Å².